The third kappa shape index (κ3) is 4.21. The molecule has 0 aliphatic rings. The van der Waals surface area contributed by atoms with Gasteiger partial charge in [0.2, 0.25) is 5.91 Å². The zero-order valence-electron chi connectivity index (χ0n) is 11.6. The van der Waals surface area contributed by atoms with E-state index in [0.29, 0.717) is 17.1 Å². The minimum atomic E-state index is -0.673. The number of benzene rings is 2. The maximum absolute atomic E-state index is 12.1. The molecule has 0 fully saturated rings. The van der Waals surface area contributed by atoms with Crippen molar-refractivity contribution in [3.8, 4) is 5.75 Å². The maximum atomic E-state index is 12.1. The number of nitrogens with one attached hydrogen (secondary N) is 1. The number of phenols is 1. The number of aromatic hydroxyl groups is 1. The van der Waals surface area contributed by atoms with Crippen LogP contribution in [0.15, 0.2) is 42.5 Å². The summed E-state index contributed by atoms with van der Waals surface area (Å²) < 4.78 is 0. The van der Waals surface area contributed by atoms with Crippen molar-refractivity contribution in [1.82, 2.24) is 0 Å². The molecule has 0 heterocycles. The van der Waals surface area contributed by atoms with Crippen LogP contribution in [-0.2, 0) is 11.2 Å². The van der Waals surface area contributed by atoms with Gasteiger partial charge in [-0.2, -0.15) is 0 Å². The van der Waals surface area contributed by atoms with Gasteiger partial charge in [0.1, 0.15) is 5.75 Å². The van der Waals surface area contributed by atoms with Gasteiger partial charge in [0.05, 0.1) is 6.04 Å². The quantitative estimate of drug-likeness (QED) is 0.813. The van der Waals surface area contributed by atoms with Crippen LogP contribution < -0.4 is 11.1 Å². The van der Waals surface area contributed by atoms with Gasteiger partial charge >= 0.3 is 0 Å². The summed E-state index contributed by atoms with van der Waals surface area (Å²) in [7, 11) is 0. The van der Waals surface area contributed by atoms with Crippen LogP contribution in [0.3, 0.4) is 0 Å². The summed E-state index contributed by atoms with van der Waals surface area (Å²) in [5.41, 5.74) is 8.38. The molecule has 1 unspecified atom stereocenters. The number of hydrogen-bond acceptors (Lipinski definition) is 3. The van der Waals surface area contributed by atoms with Gasteiger partial charge in [-0.25, -0.2) is 0 Å². The van der Waals surface area contributed by atoms with Gasteiger partial charge in [-0.3, -0.25) is 4.79 Å². The molecule has 4 nitrogen and oxygen atoms in total. The molecule has 0 radical (unpaired) electrons. The number of carbonyl (C=O) groups excluding carboxylic acids is 1. The third-order valence-electron chi connectivity index (χ3n) is 3.19. The lowest BCUT2D eigenvalue weighted by Crippen LogP contribution is -2.37. The summed E-state index contributed by atoms with van der Waals surface area (Å²) in [5.74, 6) is -0.0835. The summed E-state index contributed by atoms with van der Waals surface area (Å²) in [6, 6.07) is 11.3. The van der Waals surface area contributed by atoms with E-state index in [1.165, 1.54) is 0 Å². The van der Waals surface area contributed by atoms with Crippen LogP contribution in [-0.4, -0.2) is 17.1 Å². The smallest absolute Gasteiger partial charge is 0.241 e. The molecule has 110 valence electrons. The molecule has 0 bridgehead atoms. The second-order valence-electron chi connectivity index (χ2n) is 4.93. The van der Waals surface area contributed by atoms with E-state index in [1.807, 2.05) is 13.0 Å². The topological polar surface area (TPSA) is 75.4 Å². The summed E-state index contributed by atoms with van der Waals surface area (Å²) in [6.45, 7) is 1.89. The number of amides is 1. The molecule has 2 rings (SSSR count). The van der Waals surface area contributed by atoms with Crippen molar-refractivity contribution in [3.05, 3.63) is 58.6 Å². The minimum absolute atomic E-state index is 0.186. The Morgan fingerprint density at radius 2 is 1.95 bits per heavy atom. The van der Waals surface area contributed by atoms with Crippen molar-refractivity contribution >= 4 is 23.2 Å². The van der Waals surface area contributed by atoms with Crippen LogP contribution in [0.1, 0.15) is 11.1 Å². The molecule has 0 aliphatic carbocycles. The van der Waals surface area contributed by atoms with E-state index in [2.05, 4.69) is 5.32 Å². The lowest BCUT2D eigenvalue weighted by Gasteiger charge is -2.14. The molecule has 2 aromatic rings. The fraction of sp³-hybridized carbons (Fsp3) is 0.188. The highest BCUT2D eigenvalue weighted by Gasteiger charge is 2.15. The monoisotopic (exact) mass is 304 g/mol. The van der Waals surface area contributed by atoms with E-state index in [-0.39, 0.29) is 11.7 Å². The van der Waals surface area contributed by atoms with Crippen molar-refractivity contribution in [3.63, 3.8) is 0 Å². The molecule has 0 aliphatic heterocycles. The van der Waals surface area contributed by atoms with Crippen molar-refractivity contribution in [1.29, 1.82) is 0 Å². The number of halogens is 1. The maximum Gasteiger partial charge on any atom is 0.241 e. The average molecular weight is 305 g/mol. The standard InChI is InChI=1S/C16H17ClN2O2/c1-10-2-5-12(17)9-15(10)19-16(21)14(18)8-11-3-6-13(20)7-4-11/h2-7,9,14,20H,8,18H2,1H3,(H,19,21). The molecule has 0 aromatic heterocycles. The van der Waals surface area contributed by atoms with E-state index < -0.39 is 6.04 Å². The van der Waals surface area contributed by atoms with Gasteiger partial charge in [-0.05, 0) is 48.7 Å². The molecule has 21 heavy (non-hydrogen) atoms. The van der Waals surface area contributed by atoms with Crippen LogP contribution in [0.5, 0.6) is 5.75 Å². The number of hydrogen-bond donors (Lipinski definition) is 3. The van der Waals surface area contributed by atoms with Crippen LogP contribution in [0, 0.1) is 6.92 Å². The average Bonchev–Trinajstić information content (AvgIpc) is 2.45. The van der Waals surface area contributed by atoms with Crippen molar-refractivity contribution in [2.75, 3.05) is 5.32 Å². The van der Waals surface area contributed by atoms with Crippen LogP contribution in [0.4, 0.5) is 5.69 Å². The fourth-order valence-electron chi connectivity index (χ4n) is 1.93. The summed E-state index contributed by atoms with van der Waals surface area (Å²) >= 11 is 5.92. The highest BCUT2D eigenvalue weighted by Crippen LogP contribution is 2.20. The van der Waals surface area contributed by atoms with E-state index in [9.17, 15) is 9.90 Å². The molecule has 5 heteroatoms. The molecular weight excluding hydrogens is 288 g/mol. The third-order valence-corrected chi connectivity index (χ3v) is 3.42. The van der Waals surface area contributed by atoms with Gasteiger partial charge in [-0.1, -0.05) is 29.8 Å². The normalized spacial score (nSPS) is 12.0. The number of carbonyl (C=O) groups is 1. The zero-order valence-corrected chi connectivity index (χ0v) is 12.4. The van der Waals surface area contributed by atoms with E-state index in [1.54, 1.807) is 36.4 Å². The van der Waals surface area contributed by atoms with Crippen LogP contribution >= 0.6 is 11.6 Å². The second-order valence-corrected chi connectivity index (χ2v) is 5.36. The Balaban J connectivity index is 2.02. The molecule has 0 saturated heterocycles. The fourth-order valence-corrected chi connectivity index (χ4v) is 2.11. The van der Waals surface area contributed by atoms with E-state index >= 15 is 0 Å². The highest BCUT2D eigenvalue weighted by atomic mass is 35.5. The van der Waals surface area contributed by atoms with Crippen molar-refractivity contribution in [2.24, 2.45) is 5.73 Å². The Hall–Kier alpha value is -2.04. The summed E-state index contributed by atoms with van der Waals surface area (Å²) in [6.07, 6.45) is 0.395. The van der Waals surface area contributed by atoms with Crippen molar-refractivity contribution in [2.45, 2.75) is 19.4 Å². The molecule has 1 atom stereocenters. The Bertz CT molecular complexity index is 641. The van der Waals surface area contributed by atoms with Gasteiger partial charge in [0, 0.05) is 10.7 Å². The predicted octanol–water partition coefficient (Wildman–Crippen LogP) is 2.86. The summed E-state index contributed by atoms with van der Waals surface area (Å²) in [4.78, 5) is 12.1. The van der Waals surface area contributed by atoms with Crippen LogP contribution in [0.2, 0.25) is 5.02 Å². The molecule has 0 saturated carbocycles. The number of nitrogens with two attached hydrogens (primary N) is 1. The Morgan fingerprint density at radius 1 is 1.29 bits per heavy atom. The predicted molar refractivity (Wildman–Crippen MR) is 84.6 cm³/mol. The number of aryl methyl sites for hydroxylation is 1. The lowest BCUT2D eigenvalue weighted by molar-refractivity contribution is -0.117. The minimum Gasteiger partial charge on any atom is -0.508 e. The first-order valence-corrected chi connectivity index (χ1v) is 6.94. The van der Waals surface area contributed by atoms with Gasteiger partial charge in [0.25, 0.3) is 0 Å². The van der Waals surface area contributed by atoms with Gasteiger partial charge in [-0.15, -0.1) is 0 Å². The largest absolute Gasteiger partial charge is 0.508 e. The summed E-state index contributed by atoms with van der Waals surface area (Å²) in [5, 5.41) is 12.6. The lowest BCUT2D eigenvalue weighted by atomic mass is 10.1. The molecule has 1 amide bonds. The number of anilines is 1. The van der Waals surface area contributed by atoms with E-state index in [0.717, 1.165) is 11.1 Å². The molecule has 0 spiro atoms. The van der Waals surface area contributed by atoms with E-state index in [4.69, 9.17) is 17.3 Å². The number of rotatable bonds is 4. The molecule has 4 N–H and O–H groups in total. The Morgan fingerprint density at radius 3 is 2.62 bits per heavy atom. The first kappa shape index (κ1) is 15.4. The van der Waals surface area contributed by atoms with Crippen LogP contribution in [0.25, 0.3) is 0 Å². The molecule has 2 aromatic carbocycles. The highest BCUT2D eigenvalue weighted by molar-refractivity contribution is 6.31. The van der Waals surface area contributed by atoms with Gasteiger partial charge in [0.15, 0.2) is 0 Å². The second kappa shape index (κ2) is 6.61. The first-order chi connectivity index (χ1) is 9.95. The van der Waals surface area contributed by atoms with Crippen molar-refractivity contribution < 1.29 is 9.90 Å². The Kier molecular flexibility index (Phi) is 4.83. The molecular formula is C16H17ClN2O2. The zero-order chi connectivity index (χ0) is 15.4. The Labute approximate surface area is 128 Å². The van der Waals surface area contributed by atoms with Gasteiger partial charge < -0.3 is 16.2 Å². The number of phenolic OH excluding ortho intramolecular Hbond substituents is 1. The first-order valence-electron chi connectivity index (χ1n) is 6.56. The SMILES string of the molecule is Cc1ccc(Cl)cc1NC(=O)C(N)Cc1ccc(O)cc1.